The number of unbranched alkanes of at least 4 members (excludes halogenated alkanes) is 24. The van der Waals surface area contributed by atoms with Gasteiger partial charge in [-0.25, -0.2) is 0 Å². The summed E-state index contributed by atoms with van der Waals surface area (Å²) in [5, 5.41) is 22.6. The molecule has 0 saturated carbocycles. The van der Waals surface area contributed by atoms with E-state index >= 15 is 0 Å². The van der Waals surface area contributed by atoms with E-state index < -0.39 is 12.2 Å². The molecule has 1 amide bonds. The molecule has 9 heteroatoms. The van der Waals surface area contributed by atoms with Gasteiger partial charge >= 0.3 is 11.9 Å². The minimum absolute atomic E-state index is 0.0249. The van der Waals surface area contributed by atoms with Crippen LogP contribution in [0.1, 0.15) is 246 Å². The molecule has 0 aliphatic carbocycles. The van der Waals surface area contributed by atoms with Crippen LogP contribution in [0.2, 0.25) is 0 Å². The molecule has 9 nitrogen and oxygen atoms in total. The van der Waals surface area contributed by atoms with E-state index in [1.165, 1.54) is 121 Å². The maximum absolute atomic E-state index is 12.8. The Labute approximate surface area is 370 Å². The largest absolute Gasteiger partial charge is 0.466 e. The lowest BCUT2D eigenvalue weighted by Crippen LogP contribution is -2.35. The highest BCUT2D eigenvalue weighted by atomic mass is 16.5. The third-order valence-electron chi connectivity index (χ3n) is 11.8. The third-order valence-corrected chi connectivity index (χ3v) is 11.8. The Morgan fingerprint density at radius 1 is 0.533 bits per heavy atom. The molecule has 0 saturated heterocycles. The van der Waals surface area contributed by atoms with E-state index in [0.29, 0.717) is 39.0 Å². The van der Waals surface area contributed by atoms with Crippen LogP contribution >= 0.6 is 0 Å². The maximum Gasteiger partial charge on any atom is 0.306 e. The molecule has 0 aliphatic rings. The van der Waals surface area contributed by atoms with Gasteiger partial charge in [0.15, 0.2) is 0 Å². The van der Waals surface area contributed by atoms with E-state index in [4.69, 9.17) is 9.47 Å². The van der Waals surface area contributed by atoms with Crippen molar-refractivity contribution in [1.29, 1.82) is 0 Å². The van der Waals surface area contributed by atoms with Gasteiger partial charge in [-0.15, -0.1) is 0 Å². The zero-order valence-electron chi connectivity index (χ0n) is 39.8. The number of ether oxygens (including phenoxy) is 2. The SMILES string of the molecule is CCCCCCCCCCCOC(=O)CCCCCN(CCCCCCCC(=O)OC(CCCCCCCC)CCCCCCCC)CCNC(=O)/C=C/C(O)C(O)CC. The smallest absolute Gasteiger partial charge is 0.306 e. The number of hydrogen-bond donors (Lipinski definition) is 3. The number of carbonyl (C=O) groups excluding carboxylic acids is 3. The van der Waals surface area contributed by atoms with Crippen LogP contribution in [0, 0.1) is 0 Å². The summed E-state index contributed by atoms with van der Waals surface area (Å²) in [6, 6.07) is 0. The molecule has 0 heterocycles. The van der Waals surface area contributed by atoms with Crippen LogP contribution in [-0.4, -0.2) is 84.1 Å². The van der Waals surface area contributed by atoms with Gasteiger partial charge in [0, 0.05) is 32.0 Å². The Morgan fingerprint density at radius 3 is 1.48 bits per heavy atom. The predicted molar refractivity (Wildman–Crippen MR) is 251 cm³/mol. The first kappa shape index (κ1) is 58.0. The van der Waals surface area contributed by atoms with Gasteiger partial charge in [-0.1, -0.05) is 169 Å². The summed E-state index contributed by atoms with van der Waals surface area (Å²) in [5.74, 6) is -0.399. The van der Waals surface area contributed by atoms with Crippen molar-refractivity contribution in [3.05, 3.63) is 12.2 Å². The van der Waals surface area contributed by atoms with Gasteiger partial charge < -0.3 is 29.9 Å². The summed E-state index contributed by atoms with van der Waals surface area (Å²) in [7, 11) is 0. The van der Waals surface area contributed by atoms with Crippen LogP contribution < -0.4 is 5.32 Å². The van der Waals surface area contributed by atoms with Gasteiger partial charge in [0.2, 0.25) is 5.91 Å². The second-order valence-corrected chi connectivity index (χ2v) is 17.6. The van der Waals surface area contributed by atoms with Gasteiger partial charge in [0.05, 0.1) is 18.8 Å². The molecule has 0 radical (unpaired) electrons. The Morgan fingerprint density at radius 2 is 0.967 bits per heavy atom. The second-order valence-electron chi connectivity index (χ2n) is 17.6. The lowest BCUT2D eigenvalue weighted by atomic mass is 10.0. The molecule has 0 fully saturated rings. The van der Waals surface area contributed by atoms with Crippen molar-refractivity contribution in [1.82, 2.24) is 10.2 Å². The maximum atomic E-state index is 12.8. The average molecular weight is 851 g/mol. The molecule has 0 aromatic heterocycles. The average Bonchev–Trinajstić information content (AvgIpc) is 3.24. The van der Waals surface area contributed by atoms with E-state index in [0.717, 1.165) is 103 Å². The van der Waals surface area contributed by atoms with Gasteiger partial charge in [-0.3, -0.25) is 14.4 Å². The van der Waals surface area contributed by atoms with Gasteiger partial charge in [-0.05, 0) is 83.4 Å². The molecule has 60 heavy (non-hydrogen) atoms. The highest BCUT2D eigenvalue weighted by Crippen LogP contribution is 2.19. The van der Waals surface area contributed by atoms with Crippen molar-refractivity contribution in [2.24, 2.45) is 0 Å². The van der Waals surface area contributed by atoms with Crippen molar-refractivity contribution < 1.29 is 34.1 Å². The number of esters is 2. The molecule has 0 bridgehead atoms. The van der Waals surface area contributed by atoms with E-state index in [2.05, 4.69) is 31.0 Å². The summed E-state index contributed by atoms with van der Waals surface area (Å²) in [4.78, 5) is 39.9. The molecule has 0 aliphatic heterocycles. The molecule has 0 spiro atoms. The van der Waals surface area contributed by atoms with E-state index in [9.17, 15) is 24.6 Å². The standard InChI is InChI=1S/C51H98N2O7/c1-5-9-12-15-18-19-20-26-34-45-59-50(57)37-31-27-33-43-53(44-41-52-49(56)40-39-48(55)47(54)8-4)42-32-25-21-24-30-38-51(58)60-46(35-28-22-16-13-10-6-2)36-29-23-17-14-11-7-3/h39-40,46-48,54-55H,5-38,41-45H2,1-4H3,(H,52,56)/b40-39+. The lowest BCUT2D eigenvalue weighted by Gasteiger charge is -2.22. The topological polar surface area (TPSA) is 125 Å². The van der Waals surface area contributed by atoms with Crippen molar-refractivity contribution in [3.63, 3.8) is 0 Å². The molecule has 3 N–H and O–H groups in total. The quantitative estimate of drug-likeness (QED) is 0.0314. The summed E-state index contributed by atoms with van der Waals surface area (Å²) in [5.41, 5.74) is 0. The molecule has 354 valence electrons. The zero-order valence-corrected chi connectivity index (χ0v) is 39.8. The molecule has 2 atom stereocenters. The highest BCUT2D eigenvalue weighted by molar-refractivity contribution is 5.87. The van der Waals surface area contributed by atoms with Crippen molar-refractivity contribution in [3.8, 4) is 0 Å². The van der Waals surface area contributed by atoms with E-state index in [1.54, 1.807) is 6.92 Å². The van der Waals surface area contributed by atoms with Crippen LogP contribution in [0.3, 0.4) is 0 Å². The second kappa shape index (κ2) is 45.1. The molecule has 0 rings (SSSR count). The zero-order chi connectivity index (χ0) is 44.2. The van der Waals surface area contributed by atoms with Gasteiger partial charge in [-0.2, -0.15) is 0 Å². The van der Waals surface area contributed by atoms with E-state index in [1.807, 2.05) is 0 Å². The normalized spacial score (nSPS) is 12.7. The van der Waals surface area contributed by atoms with Crippen LogP contribution in [-0.2, 0) is 23.9 Å². The molecular formula is C51H98N2O7. The molecule has 0 aromatic rings. The van der Waals surface area contributed by atoms with Crippen molar-refractivity contribution in [2.45, 2.75) is 264 Å². The summed E-state index contributed by atoms with van der Waals surface area (Å²) in [6.07, 6.45) is 38.3. The molecule has 2 unspecified atom stereocenters. The number of nitrogens with one attached hydrogen (secondary N) is 1. The minimum Gasteiger partial charge on any atom is -0.466 e. The number of rotatable bonds is 46. The van der Waals surface area contributed by atoms with Crippen LogP contribution in [0.5, 0.6) is 0 Å². The summed E-state index contributed by atoms with van der Waals surface area (Å²) >= 11 is 0. The van der Waals surface area contributed by atoms with Gasteiger partial charge in [0.25, 0.3) is 0 Å². The highest BCUT2D eigenvalue weighted by Gasteiger charge is 2.15. The first-order chi connectivity index (χ1) is 29.3. The van der Waals surface area contributed by atoms with Crippen molar-refractivity contribution in [2.75, 3.05) is 32.8 Å². The van der Waals surface area contributed by atoms with Crippen LogP contribution in [0.15, 0.2) is 12.2 Å². The first-order valence-corrected chi connectivity index (χ1v) is 25.7. The number of carbonyl (C=O) groups is 3. The van der Waals surface area contributed by atoms with Crippen LogP contribution in [0.4, 0.5) is 0 Å². The number of aliphatic hydroxyl groups is 2. The Bertz CT molecular complexity index is 977. The monoisotopic (exact) mass is 851 g/mol. The summed E-state index contributed by atoms with van der Waals surface area (Å²) in [6.45, 7) is 12.1. The Kier molecular flexibility index (Phi) is 43.6. The minimum atomic E-state index is -1.06. The van der Waals surface area contributed by atoms with E-state index in [-0.39, 0.29) is 23.9 Å². The number of nitrogens with zero attached hydrogens (tertiary/aromatic N) is 1. The number of hydrogen-bond acceptors (Lipinski definition) is 8. The fourth-order valence-corrected chi connectivity index (χ4v) is 7.69. The third kappa shape index (κ3) is 40.1. The number of aliphatic hydroxyl groups excluding tert-OH is 2. The predicted octanol–water partition coefficient (Wildman–Crippen LogP) is 12.5. The fraction of sp³-hybridized carbons (Fsp3) is 0.902. The molecular weight excluding hydrogens is 753 g/mol. The van der Waals surface area contributed by atoms with Crippen molar-refractivity contribution >= 4 is 17.8 Å². The fourth-order valence-electron chi connectivity index (χ4n) is 7.69. The Hall–Kier alpha value is -1.97. The lowest BCUT2D eigenvalue weighted by molar-refractivity contribution is -0.150. The van der Waals surface area contributed by atoms with Gasteiger partial charge in [0.1, 0.15) is 6.10 Å². The summed E-state index contributed by atoms with van der Waals surface area (Å²) < 4.78 is 11.5. The Balaban J connectivity index is 4.59. The molecule has 0 aromatic carbocycles. The van der Waals surface area contributed by atoms with Crippen LogP contribution in [0.25, 0.3) is 0 Å². The first-order valence-electron chi connectivity index (χ1n) is 25.7. The number of amides is 1.